The Labute approximate surface area is 99.8 Å². The number of ether oxygens (including phenoxy) is 1. The van der Waals surface area contributed by atoms with E-state index in [1.807, 2.05) is 13.8 Å². The average molecular weight is 242 g/mol. The van der Waals surface area contributed by atoms with Crippen molar-refractivity contribution in [2.24, 2.45) is 11.7 Å². The van der Waals surface area contributed by atoms with Crippen molar-refractivity contribution in [2.45, 2.75) is 13.8 Å². The van der Waals surface area contributed by atoms with E-state index < -0.39 is 5.82 Å². The molecule has 0 aliphatic carbocycles. The Morgan fingerprint density at radius 1 is 1.56 bits per heavy atom. The molecule has 0 aromatic heterocycles. The molecule has 0 amide bonds. The minimum Gasteiger partial charge on any atom is -0.491 e. The van der Waals surface area contributed by atoms with Gasteiger partial charge >= 0.3 is 0 Å². The van der Waals surface area contributed by atoms with Crippen LogP contribution in [0.1, 0.15) is 13.8 Å². The number of thiocarbonyl (C=S) groups is 1. The number of hydrogen-bond donors (Lipinski definition) is 2. The van der Waals surface area contributed by atoms with Crippen LogP contribution in [0.5, 0.6) is 5.75 Å². The smallest absolute Gasteiger partial charge is 0.168 e. The van der Waals surface area contributed by atoms with Crippen LogP contribution >= 0.6 is 12.2 Å². The van der Waals surface area contributed by atoms with E-state index in [1.165, 1.54) is 6.07 Å². The van der Waals surface area contributed by atoms with E-state index in [2.05, 4.69) is 17.5 Å². The summed E-state index contributed by atoms with van der Waals surface area (Å²) in [4.78, 5) is 0. The van der Waals surface area contributed by atoms with Gasteiger partial charge in [0.05, 0.1) is 6.61 Å². The van der Waals surface area contributed by atoms with Crippen LogP contribution in [0.3, 0.4) is 0 Å². The summed E-state index contributed by atoms with van der Waals surface area (Å²) in [5, 5.41) is 2.59. The minimum absolute atomic E-state index is 0.0134. The highest BCUT2D eigenvalue weighted by molar-refractivity contribution is 7.80. The molecule has 16 heavy (non-hydrogen) atoms. The molecule has 1 aromatic rings. The van der Waals surface area contributed by atoms with Gasteiger partial charge in [0.2, 0.25) is 0 Å². The molecule has 0 saturated carbocycles. The summed E-state index contributed by atoms with van der Waals surface area (Å²) in [6, 6.07) is 4.57. The molecule has 0 aliphatic rings. The number of nitrogens with one attached hydrogen (secondary N) is 1. The third-order valence-corrected chi connectivity index (χ3v) is 1.90. The van der Waals surface area contributed by atoms with Crippen molar-refractivity contribution in [3.8, 4) is 5.75 Å². The number of para-hydroxylation sites is 1. The summed E-state index contributed by atoms with van der Waals surface area (Å²) in [5.74, 6) is 0.344. The number of benzene rings is 1. The highest BCUT2D eigenvalue weighted by atomic mass is 32.1. The molecule has 0 fully saturated rings. The van der Waals surface area contributed by atoms with Gasteiger partial charge in [0, 0.05) is 0 Å². The summed E-state index contributed by atoms with van der Waals surface area (Å²) in [6.07, 6.45) is 0. The van der Waals surface area contributed by atoms with Gasteiger partial charge in [-0.05, 0) is 30.3 Å². The molecule has 0 radical (unpaired) electrons. The van der Waals surface area contributed by atoms with Crippen LogP contribution in [0.25, 0.3) is 0 Å². The largest absolute Gasteiger partial charge is 0.491 e. The molecule has 0 spiro atoms. The Bertz CT molecular complexity index is 382. The van der Waals surface area contributed by atoms with Gasteiger partial charge < -0.3 is 15.8 Å². The van der Waals surface area contributed by atoms with Crippen molar-refractivity contribution in [2.75, 3.05) is 11.9 Å². The topological polar surface area (TPSA) is 47.3 Å². The first-order chi connectivity index (χ1) is 7.50. The Morgan fingerprint density at radius 3 is 2.81 bits per heavy atom. The van der Waals surface area contributed by atoms with E-state index in [9.17, 15) is 4.39 Å². The third-order valence-electron chi connectivity index (χ3n) is 1.80. The van der Waals surface area contributed by atoms with Crippen molar-refractivity contribution in [1.29, 1.82) is 0 Å². The monoisotopic (exact) mass is 242 g/mol. The molecule has 0 heterocycles. The fraction of sp³-hybridized carbons (Fsp3) is 0.364. The van der Waals surface area contributed by atoms with Crippen LogP contribution in [0.15, 0.2) is 18.2 Å². The quantitative estimate of drug-likeness (QED) is 0.796. The lowest BCUT2D eigenvalue weighted by atomic mass is 10.2. The summed E-state index contributed by atoms with van der Waals surface area (Å²) in [6.45, 7) is 4.54. The van der Waals surface area contributed by atoms with Gasteiger partial charge in [0.15, 0.2) is 10.9 Å². The fourth-order valence-electron chi connectivity index (χ4n) is 1.13. The lowest BCUT2D eigenvalue weighted by molar-refractivity contribution is 0.271. The zero-order valence-corrected chi connectivity index (χ0v) is 10.1. The predicted octanol–water partition coefficient (Wildman–Crippen LogP) is 2.52. The second-order valence-corrected chi connectivity index (χ2v) is 4.25. The Kier molecular flexibility index (Phi) is 4.49. The van der Waals surface area contributed by atoms with Gasteiger partial charge in [0.25, 0.3) is 0 Å². The molecule has 3 N–H and O–H groups in total. The Balaban J connectivity index is 2.89. The zero-order valence-electron chi connectivity index (χ0n) is 9.29. The highest BCUT2D eigenvalue weighted by Gasteiger charge is 2.10. The van der Waals surface area contributed by atoms with Crippen molar-refractivity contribution >= 4 is 23.0 Å². The van der Waals surface area contributed by atoms with Gasteiger partial charge in [-0.1, -0.05) is 19.9 Å². The normalized spacial score (nSPS) is 10.2. The molecule has 1 rings (SSSR count). The summed E-state index contributed by atoms with van der Waals surface area (Å²) in [7, 11) is 0. The predicted molar refractivity (Wildman–Crippen MR) is 67.1 cm³/mol. The summed E-state index contributed by atoms with van der Waals surface area (Å²) in [5.41, 5.74) is 5.51. The van der Waals surface area contributed by atoms with Crippen molar-refractivity contribution in [3.63, 3.8) is 0 Å². The lowest BCUT2D eigenvalue weighted by Gasteiger charge is -2.14. The van der Waals surface area contributed by atoms with E-state index >= 15 is 0 Å². The molecule has 88 valence electrons. The maximum Gasteiger partial charge on any atom is 0.168 e. The molecule has 5 heteroatoms. The molecular formula is C11H15FN2OS. The van der Waals surface area contributed by atoms with Crippen molar-refractivity contribution < 1.29 is 9.13 Å². The fourth-order valence-corrected chi connectivity index (χ4v) is 1.23. The van der Waals surface area contributed by atoms with Crippen LogP contribution < -0.4 is 15.8 Å². The van der Waals surface area contributed by atoms with Crippen molar-refractivity contribution in [1.82, 2.24) is 0 Å². The number of nitrogens with two attached hydrogens (primary N) is 1. The zero-order chi connectivity index (χ0) is 12.1. The van der Waals surface area contributed by atoms with Gasteiger partial charge in [-0.3, -0.25) is 0 Å². The maximum absolute atomic E-state index is 13.5. The van der Waals surface area contributed by atoms with Gasteiger partial charge in [0.1, 0.15) is 11.4 Å². The van der Waals surface area contributed by atoms with Gasteiger partial charge in [-0.2, -0.15) is 0 Å². The van der Waals surface area contributed by atoms with Gasteiger partial charge in [-0.15, -0.1) is 0 Å². The second kappa shape index (κ2) is 5.65. The van der Waals surface area contributed by atoms with Crippen molar-refractivity contribution in [3.05, 3.63) is 24.0 Å². The van der Waals surface area contributed by atoms with E-state index in [0.717, 1.165) is 0 Å². The van der Waals surface area contributed by atoms with E-state index in [-0.39, 0.29) is 10.8 Å². The average Bonchev–Trinajstić information content (AvgIpc) is 2.18. The molecule has 1 aromatic carbocycles. The second-order valence-electron chi connectivity index (χ2n) is 3.81. The Morgan fingerprint density at radius 2 is 2.25 bits per heavy atom. The van der Waals surface area contributed by atoms with Crippen LogP contribution in [0.2, 0.25) is 0 Å². The summed E-state index contributed by atoms with van der Waals surface area (Å²) >= 11 is 4.68. The molecule has 0 saturated heterocycles. The van der Waals surface area contributed by atoms with E-state index in [1.54, 1.807) is 12.1 Å². The molecule has 0 aliphatic heterocycles. The maximum atomic E-state index is 13.5. The number of anilines is 1. The minimum atomic E-state index is -0.436. The molecular weight excluding hydrogens is 227 g/mol. The third kappa shape index (κ3) is 3.66. The molecule has 0 unspecified atom stereocenters. The number of hydrogen-bond acceptors (Lipinski definition) is 2. The Hall–Kier alpha value is -1.36. The van der Waals surface area contributed by atoms with E-state index in [4.69, 9.17) is 10.5 Å². The first kappa shape index (κ1) is 12.7. The molecule has 0 atom stereocenters. The first-order valence-corrected chi connectivity index (χ1v) is 5.39. The van der Waals surface area contributed by atoms with Crippen LogP contribution in [-0.4, -0.2) is 11.7 Å². The molecule has 0 bridgehead atoms. The highest BCUT2D eigenvalue weighted by Crippen LogP contribution is 2.27. The summed E-state index contributed by atoms with van der Waals surface area (Å²) < 4.78 is 18.9. The first-order valence-electron chi connectivity index (χ1n) is 4.98. The molecule has 3 nitrogen and oxygen atoms in total. The van der Waals surface area contributed by atoms with Crippen LogP contribution in [-0.2, 0) is 0 Å². The van der Waals surface area contributed by atoms with Crippen LogP contribution in [0.4, 0.5) is 10.1 Å². The van der Waals surface area contributed by atoms with Gasteiger partial charge in [-0.25, -0.2) is 4.39 Å². The van der Waals surface area contributed by atoms with Crippen LogP contribution in [0, 0.1) is 11.7 Å². The van der Waals surface area contributed by atoms with E-state index in [0.29, 0.717) is 18.3 Å². The SMILES string of the molecule is CC(C)COc1cccc(F)c1NC(N)=S. The number of halogens is 1. The standard InChI is InChI=1S/C11H15FN2OS/c1-7(2)6-15-9-5-3-4-8(12)10(9)14-11(13)16/h3-5,7H,6H2,1-2H3,(H3,13,14,16). The number of rotatable bonds is 4. The lowest BCUT2D eigenvalue weighted by Crippen LogP contribution is -2.20.